The Balaban J connectivity index is 1.55. The second kappa shape index (κ2) is 8.47. The molecule has 0 aliphatic heterocycles. The first kappa shape index (κ1) is 23.8. The average Bonchev–Trinajstić information content (AvgIpc) is 3.36. The van der Waals surface area contributed by atoms with E-state index in [0.717, 1.165) is 39.2 Å². The first-order valence-electron chi connectivity index (χ1n) is 10.5. The number of alkyl halides is 3. The maximum Gasteiger partial charge on any atom is 0.416 e. The number of thiazole rings is 1. The molecule has 0 aliphatic rings. The van der Waals surface area contributed by atoms with Crippen molar-refractivity contribution >= 4 is 28.2 Å². The van der Waals surface area contributed by atoms with E-state index < -0.39 is 23.2 Å². The Bertz CT molecular complexity index is 1370. The largest absolute Gasteiger partial charge is 0.488 e. The minimum Gasteiger partial charge on any atom is -0.488 e. The molecule has 0 radical (unpaired) electrons. The van der Waals surface area contributed by atoms with Crippen LogP contribution in [-0.4, -0.2) is 20.6 Å². The van der Waals surface area contributed by atoms with Gasteiger partial charge < -0.3 is 14.4 Å². The molecule has 9 heteroatoms. The normalized spacial score (nSPS) is 12.3. The van der Waals surface area contributed by atoms with Crippen LogP contribution in [0.5, 0.6) is 5.75 Å². The van der Waals surface area contributed by atoms with Crippen molar-refractivity contribution in [1.29, 1.82) is 0 Å². The predicted octanol–water partition coefficient (Wildman–Crippen LogP) is 6.80. The summed E-state index contributed by atoms with van der Waals surface area (Å²) in [7, 11) is 0. The molecular weight excluding hydrogens is 465 g/mol. The number of carboxylic acids is 1. The summed E-state index contributed by atoms with van der Waals surface area (Å²) >= 11 is 1.38. The number of benzene rings is 2. The van der Waals surface area contributed by atoms with Crippen molar-refractivity contribution in [2.24, 2.45) is 0 Å². The van der Waals surface area contributed by atoms with E-state index in [9.17, 15) is 23.1 Å². The summed E-state index contributed by atoms with van der Waals surface area (Å²) in [5.41, 5.74) is 1.30. The number of nitrogens with zero attached hydrogens (tertiary/aromatic N) is 2. The van der Waals surface area contributed by atoms with Gasteiger partial charge in [0, 0.05) is 17.1 Å². The molecule has 1 N–H and O–H groups in total. The molecule has 2 heterocycles. The predicted molar refractivity (Wildman–Crippen MR) is 125 cm³/mol. The molecule has 0 unspecified atom stereocenters. The Kier molecular flexibility index (Phi) is 5.93. The van der Waals surface area contributed by atoms with Crippen molar-refractivity contribution in [3.63, 3.8) is 0 Å². The zero-order valence-electron chi connectivity index (χ0n) is 19.0. The zero-order chi connectivity index (χ0) is 24.8. The van der Waals surface area contributed by atoms with Crippen molar-refractivity contribution in [2.75, 3.05) is 0 Å². The van der Waals surface area contributed by atoms with Gasteiger partial charge in [-0.05, 0) is 63.6 Å². The molecule has 4 rings (SSSR count). The maximum absolute atomic E-state index is 12.8. The monoisotopic (exact) mass is 488 g/mol. The number of hydrogen-bond acceptors (Lipinski definition) is 4. The third-order valence-electron chi connectivity index (χ3n) is 5.79. The minimum absolute atomic E-state index is 0.260. The van der Waals surface area contributed by atoms with Crippen molar-refractivity contribution in [2.45, 2.75) is 46.0 Å². The molecule has 0 amide bonds. The minimum atomic E-state index is -4.38. The maximum atomic E-state index is 12.8. The molecule has 2 aromatic carbocycles. The van der Waals surface area contributed by atoms with Gasteiger partial charge >= 0.3 is 12.1 Å². The fourth-order valence-electron chi connectivity index (χ4n) is 3.75. The van der Waals surface area contributed by atoms with Gasteiger partial charge in [-0.15, -0.1) is 11.3 Å². The number of aryl methyl sites for hydroxylation is 2. The zero-order valence-corrected chi connectivity index (χ0v) is 19.8. The number of ether oxygens (including phenoxy) is 1. The highest BCUT2D eigenvalue weighted by Crippen LogP contribution is 2.34. The van der Waals surface area contributed by atoms with E-state index in [0.29, 0.717) is 16.3 Å². The van der Waals surface area contributed by atoms with E-state index in [1.165, 1.54) is 23.5 Å². The van der Waals surface area contributed by atoms with Crippen molar-refractivity contribution < 1.29 is 27.8 Å². The fraction of sp³-hybridized carbons (Fsp3) is 0.280. The Morgan fingerprint density at radius 2 is 1.79 bits per heavy atom. The Morgan fingerprint density at radius 3 is 2.41 bits per heavy atom. The molecular formula is C25H23F3N2O3S. The summed E-state index contributed by atoms with van der Waals surface area (Å²) in [5, 5.41) is 11.1. The van der Waals surface area contributed by atoms with Gasteiger partial charge in [-0.1, -0.05) is 12.1 Å². The van der Waals surface area contributed by atoms with E-state index in [-0.39, 0.29) is 6.61 Å². The summed E-state index contributed by atoms with van der Waals surface area (Å²) in [6.07, 6.45) is -2.61. The number of carboxylic acid groups (broad SMARTS) is 1. The lowest BCUT2D eigenvalue weighted by atomic mass is 10.0. The summed E-state index contributed by atoms with van der Waals surface area (Å²) in [4.78, 5) is 17.1. The first-order chi connectivity index (χ1) is 15.9. The Morgan fingerprint density at radius 1 is 1.12 bits per heavy atom. The van der Waals surface area contributed by atoms with Crippen molar-refractivity contribution in [3.05, 3.63) is 70.4 Å². The van der Waals surface area contributed by atoms with Crippen LogP contribution in [0.15, 0.2) is 48.7 Å². The summed E-state index contributed by atoms with van der Waals surface area (Å²) in [6, 6.07) is 10.5. The lowest BCUT2D eigenvalue weighted by Gasteiger charge is -2.23. The molecule has 0 spiro atoms. The highest BCUT2D eigenvalue weighted by molar-refractivity contribution is 7.15. The van der Waals surface area contributed by atoms with Gasteiger partial charge in [-0.2, -0.15) is 13.2 Å². The topological polar surface area (TPSA) is 64.4 Å². The molecule has 2 aromatic heterocycles. The Labute approximate surface area is 198 Å². The smallest absolute Gasteiger partial charge is 0.416 e. The lowest BCUT2D eigenvalue weighted by molar-refractivity contribution is -0.145. The summed E-state index contributed by atoms with van der Waals surface area (Å²) in [6.45, 7) is 7.31. The van der Waals surface area contributed by atoms with E-state index in [2.05, 4.69) is 4.98 Å². The highest BCUT2D eigenvalue weighted by Gasteiger charge is 2.31. The van der Waals surface area contributed by atoms with E-state index in [1.807, 2.05) is 32.0 Å². The number of aliphatic carboxylic acids is 1. The van der Waals surface area contributed by atoms with Crippen LogP contribution >= 0.6 is 11.3 Å². The number of hydrogen-bond donors (Lipinski definition) is 1. The molecule has 178 valence electrons. The Hall–Kier alpha value is -3.33. The molecule has 4 aromatic rings. The van der Waals surface area contributed by atoms with Gasteiger partial charge in [0.2, 0.25) is 0 Å². The summed E-state index contributed by atoms with van der Waals surface area (Å²) in [5.74, 6) is -0.283. The van der Waals surface area contributed by atoms with Crippen LogP contribution in [0.25, 0.3) is 21.5 Å². The molecule has 0 aliphatic carbocycles. The standard InChI is InChI=1S/C25H23F3N2O3S/c1-14-11-19(12-17-9-10-30(21(14)17)24(3,4)23(31)32)33-13-20-15(2)29-22(34-20)16-5-7-18(8-6-16)25(26,27)28/h5-12H,13H2,1-4H3,(H,31,32). The quantitative estimate of drug-likeness (QED) is 0.324. The number of carbonyl (C=O) groups is 1. The molecule has 0 atom stereocenters. The number of fused-ring (bicyclic) bond motifs is 1. The third kappa shape index (κ3) is 4.40. The second-order valence-corrected chi connectivity index (χ2v) is 9.70. The van der Waals surface area contributed by atoms with Gasteiger partial charge in [0.05, 0.1) is 21.7 Å². The molecule has 34 heavy (non-hydrogen) atoms. The van der Waals surface area contributed by atoms with Gasteiger partial charge in [0.1, 0.15) is 22.9 Å². The van der Waals surface area contributed by atoms with E-state index in [1.54, 1.807) is 24.6 Å². The van der Waals surface area contributed by atoms with Gasteiger partial charge in [-0.3, -0.25) is 0 Å². The average molecular weight is 489 g/mol. The van der Waals surface area contributed by atoms with Crippen molar-refractivity contribution in [3.8, 4) is 16.3 Å². The van der Waals surface area contributed by atoms with Gasteiger partial charge in [0.15, 0.2) is 0 Å². The highest BCUT2D eigenvalue weighted by atomic mass is 32.1. The second-order valence-electron chi connectivity index (χ2n) is 8.62. The van der Waals surface area contributed by atoms with Crippen LogP contribution < -0.4 is 4.74 Å². The van der Waals surface area contributed by atoms with Crippen LogP contribution in [0.4, 0.5) is 13.2 Å². The molecule has 0 bridgehead atoms. The molecule has 0 fully saturated rings. The lowest BCUT2D eigenvalue weighted by Crippen LogP contribution is -2.35. The summed E-state index contributed by atoms with van der Waals surface area (Å²) < 4.78 is 46.2. The third-order valence-corrected chi connectivity index (χ3v) is 6.97. The SMILES string of the molecule is Cc1nc(-c2ccc(C(F)(F)F)cc2)sc1COc1cc(C)c2c(ccn2C(C)(C)C(=O)O)c1. The van der Waals surface area contributed by atoms with E-state index in [4.69, 9.17) is 4.74 Å². The van der Waals surface area contributed by atoms with Crippen LogP contribution in [0.3, 0.4) is 0 Å². The number of rotatable bonds is 6. The number of aromatic nitrogens is 2. The van der Waals surface area contributed by atoms with Crippen LogP contribution in [0.1, 0.15) is 35.5 Å². The van der Waals surface area contributed by atoms with Crippen LogP contribution in [-0.2, 0) is 23.1 Å². The molecule has 0 saturated heterocycles. The number of halogens is 3. The van der Waals surface area contributed by atoms with E-state index >= 15 is 0 Å². The fourth-order valence-corrected chi connectivity index (χ4v) is 4.73. The molecule has 0 saturated carbocycles. The van der Waals surface area contributed by atoms with Crippen LogP contribution in [0, 0.1) is 13.8 Å². The van der Waals surface area contributed by atoms with Gasteiger partial charge in [0.25, 0.3) is 0 Å². The first-order valence-corrected chi connectivity index (χ1v) is 11.3. The van der Waals surface area contributed by atoms with Crippen LogP contribution in [0.2, 0.25) is 0 Å². The van der Waals surface area contributed by atoms with Gasteiger partial charge in [-0.25, -0.2) is 9.78 Å². The molecule has 5 nitrogen and oxygen atoms in total. The van der Waals surface area contributed by atoms with Crippen molar-refractivity contribution in [1.82, 2.24) is 9.55 Å².